The average Bonchev–Trinajstić information content (AvgIpc) is 3.02. The highest BCUT2D eigenvalue weighted by Gasteiger charge is 2.35. The van der Waals surface area contributed by atoms with E-state index >= 15 is 0 Å². The lowest BCUT2D eigenvalue weighted by Crippen LogP contribution is -2.38. The van der Waals surface area contributed by atoms with Gasteiger partial charge >= 0.3 is 12.1 Å². The Bertz CT molecular complexity index is 741. The van der Waals surface area contributed by atoms with Crippen molar-refractivity contribution in [3.05, 3.63) is 57.3 Å². The van der Waals surface area contributed by atoms with Crippen molar-refractivity contribution in [1.29, 1.82) is 0 Å². The maximum atomic E-state index is 13.0. The molecule has 0 bridgehead atoms. The first kappa shape index (κ1) is 17.0. The molecule has 0 radical (unpaired) electrons. The Kier molecular flexibility index (Phi) is 4.64. The second-order valence-corrected chi connectivity index (χ2v) is 6.64. The van der Waals surface area contributed by atoms with E-state index in [4.69, 9.17) is 4.74 Å². The molecule has 0 saturated carbocycles. The number of esters is 1. The molecule has 1 unspecified atom stereocenters. The van der Waals surface area contributed by atoms with E-state index in [1.165, 1.54) is 18.1 Å². The number of fused-ring (bicyclic) bond motifs is 1. The third-order valence-corrected chi connectivity index (χ3v) is 5.18. The number of thiophene rings is 1. The summed E-state index contributed by atoms with van der Waals surface area (Å²) in [5.74, 6) is -0.548. The summed E-state index contributed by atoms with van der Waals surface area (Å²) in [6, 6.07) is 6.06. The fourth-order valence-electron chi connectivity index (χ4n) is 2.98. The molecule has 3 nitrogen and oxygen atoms in total. The van der Waals surface area contributed by atoms with Gasteiger partial charge in [-0.1, -0.05) is 12.1 Å². The van der Waals surface area contributed by atoms with Crippen LogP contribution in [0.2, 0.25) is 0 Å². The molecule has 1 aromatic carbocycles. The first-order valence-corrected chi connectivity index (χ1v) is 8.32. The summed E-state index contributed by atoms with van der Waals surface area (Å²) in [5.41, 5.74) is 0.657. The van der Waals surface area contributed by atoms with Crippen molar-refractivity contribution < 1.29 is 22.7 Å². The van der Waals surface area contributed by atoms with Crippen LogP contribution >= 0.6 is 11.3 Å². The Morgan fingerprint density at radius 1 is 1.33 bits per heavy atom. The standard InChI is InChI=1S/C17H16F3NO2S/c1-23-16(22)15(11-3-2-4-13(9-11)17(18,19)20)21-7-5-14-12(10-21)6-8-24-14/h2-4,6,8-9,15H,5,7,10H2,1H3. The van der Waals surface area contributed by atoms with Gasteiger partial charge in [0.1, 0.15) is 6.04 Å². The van der Waals surface area contributed by atoms with E-state index in [1.54, 1.807) is 17.4 Å². The Labute approximate surface area is 141 Å². The van der Waals surface area contributed by atoms with Crippen LogP contribution in [0, 0.1) is 0 Å². The maximum Gasteiger partial charge on any atom is 0.416 e. The fourth-order valence-corrected chi connectivity index (χ4v) is 3.87. The van der Waals surface area contributed by atoms with E-state index in [-0.39, 0.29) is 0 Å². The maximum absolute atomic E-state index is 13.0. The number of methoxy groups -OCH3 is 1. The van der Waals surface area contributed by atoms with Crippen LogP contribution in [0.5, 0.6) is 0 Å². The summed E-state index contributed by atoms with van der Waals surface area (Å²) in [6.45, 7) is 1.12. The molecule has 1 aromatic heterocycles. The van der Waals surface area contributed by atoms with Crippen LogP contribution in [0.1, 0.15) is 27.6 Å². The van der Waals surface area contributed by atoms with E-state index in [0.717, 1.165) is 24.1 Å². The molecule has 24 heavy (non-hydrogen) atoms. The zero-order valence-electron chi connectivity index (χ0n) is 13.0. The Morgan fingerprint density at radius 3 is 2.83 bits per heavy atom. The van der Waals surface area contributed by atoms with Gasteiger partial charge in [0, 0.05) is 18.0 Å². The molecule has 0 amide bonds. The fraction of sp³-hybridized carbons (Fsp3) is 0.353. The molecule has 3 rings (SSSR count). The van der Waals surface area contributed by atoms with Gasteiger partial charge in [0.25, 0.3) is 0 Å². The third kappa shape index (κ3) is 3.32. The molecule has 1 aliphatic heterocycles. The number of hydrogen-bond donors (Lipinski definition) is 0. The number of hydrogen-bond acceptors (Lipinski definition) is 4. The summed E-state index contributed by atoms with van der Waals surface area (Å²) in [4.78, 5) is 15.4. The van der Waals surface area contributed by atoms with Gasteiger partial charge in [-0.25, -0.2) is 4.79 Å². The quantitative estimate of drug-likeness (QED) is 0.779. The van der Waals surface area contributed by atoms with Crippen LogP contribution < -0.4 is 0 Å². The number of carbonyl (C=O) groups is 1. The smallest absolute Gasteiger partial charge is 0.416 e. The van der Waals surface area contributed by atoms with E-state index in [9.17, 15) is 18.0 Å². The summed E-state index contributed by atoms with van der Waals surface area (Å²) < 4.78 is 43.8. The first-order chi connectivity index (χ1) is 11.4. The van der Waals surface area contributed by atoms with Crippen LogP contribution in [-0.4, -0.2) is 24.5 Å². The van der Waals surface area contributed by atoms with Crippen molar-refractivity contribution >= 4 is 17.3 Å². The molecule has 1 aliphatic rings. The van der Waals surface area contributed by atoms with Crippen LogP contribution in [0.15, 0.2) is 35.7 Å². The summed E-state index contributed by atoms with van der Waals surface area (Å²) >= 11 is 1.66. The number of benzene rings is 1. The lowest BCUT2D eigenvalue weighted by molar-refractivity contribution is -0.148. The van der Waals surface area contributed by atoms with E-state index in [1.807, 2.05) is 16.3 Å². The van der Waals surface area contributed by atoms with Crippen molar-refractivity contribution in [3.63, 3.8) is 0 Å². The molecule has 0 aliphatic carbocycles. The Balaban J connectivity index is 1.95. The molecule has 1 atom stereocenters. The van der Waals surface area contributed by atoms with Crippen molar-refractivity contribution in [2.24, 2.45) is 0 Å². The normalized spacial score (nSPS) is 16.5. The lowest BCUT2D eigenvalue weighted by Gasteiger charge is -2.33. The van der Waals surface area contributed by atoms with Gasteiger partial charge in [-0.2, -0.15) is 13.2 Å². The van der Waals surface area contributed by atoms with E-state index in [0.29, 0.717) is 18.7 Å². The minimum atomic E-state index is -4.45. The molecule has 0 saturated heterocycles. The summed E-state index contributed by atoms with van der Waals surface area (Å²) in [5, 5.41) is 1.99. The minimum Gasteiger partial charge on any atom is -0.468 e. The molecule has 128 valence electrons. The lowest BCUT2D eigenvalue weighted by atomic mass is 9.99. The van der Waals surface area contributed by atoms with Crippen molar-refractivity contribution in [2.75, 3.05) is 13.7 Å². The monoisotopic (exact) mass is 355 g/mol. The molecule has 0 spiro atoms. The molecule has 0 N–H and O–H groups in total. The second-order valence-electron chi connectivity index (χ2n) is 5.64. The number of alkyl halides is 3. The number of nitrogens with zero attached hydrogens (tertiary/aromatic N) is 1. The van der Waals surface area contributed by atoms with E-state index in [2.05, 4.69) is 0 Å². The highest BCUT2D eigenvalue weighted by Crippen LogP contribution is 2.34. The average molecular weight is 355 g/mol. The van der Waals surface area contributed by atoms with Gasteiger partial charge in [-0.3, -0.25) is 4.90 Å². The van der Waals surface area contributed by atoms with Crippen molar-refractivity contribution in [3.8, 4) is 0 Å². The molecule has 2 heterocycles. The first-order valence-electron chi connectivity index (χ1n) is 7.44. The number of halogens is 3. The number of rotatable bonds is 3. The van der Waals surface area contributed by atoms with Gasteiger partial charge in [0.05, 0.1) is 12.7 Å². The topological polar surface area (TPSA) is 29.5 Å². The highest BCUT2D eigenvalue weighted by atomic mass is 32.1. The van der Waals surface area contributed by atoms with Gasteiger partial charge in [0.2, 0.25) is 0 Å². The summed E-state index contributed by atoms with van der Waals surface area (Å²) in [7, 11) is 1.25. The van der Waals surface area contributed by atoms with Crippen molar-refractivity contribution in [2.45, 2.75) is 25.2 Å². The van der Waals surface area contributed by atoms with Crippen LogP contribution in [0.3, 0.4) is 0 Å². The van der Waals surface area contributed by atoms with Crippen LogP contribution in [-0.2, 0) is 28.7 Å². The highest BCUT2D eigenvalue weighted by molar-refractivity contribution is 7.10. The molecule has 7 heteroatoms. The van der Waals surface area contributed by atoms with E-state index < -0.39 is 23.8 Å². The number of ether oxygens (including phenoxy) is 1. The molecule has 2 aromatic rings. The van der Waals surface area contributed by atoms with Gasteiger partial charge in [0.15, 0.2) is 0 Å². The van der Waals surface area contributed by atoms with Crippen LogP contribution in [0.4, 0.5) is 13.2 Å². The predicted octanol–water partition coefficient (Wildman–Crippen LogP) is 4.04. The summed E-state index contributed by atoms with van der Waals surface area (Å²) in [6.07, 6.45) is -3.67. The number of carbonyl (C=O) groups excluding carboxylic acids is 1. The van der Waals surface area contributed by atoms with Crippen molar-refractivity contribution in [1.82, 2.24) is 4.90 Å². The Morgan fingerprint density at radius 2 is 2.12 bits per heavy atom. The van der Waals surface area contributed by atoms with Gasteiger partial charge in [-0.05, 0) is 41.1 Å². The predicted molar refractivity (Wildman–Crippen MR) is 84.6 cm³/mol. The van der Waals surface area contributed by atoms with Gasteiger partial charge < -0.3 is 4.74 Å². The largest absolute Gasteiger partial charge is 0.468 e. The SMILES string of the molecule is COC(=O)C(c1cccc(C(F)(F)F)c1)N1CCc2sccc2C1. The minimum absolute atomic E-state index is 0.301. The molecular weight excluding hydrogens is 339 g/mol. The zero-order chi connectivity index (χ0) is 17.3. The van der Waals surface area contributed by atoms with Crippen LogP contribution in [0.25, 0.3) is 0 Å². The Hall–Kier alpha value is -1.86. The zero-order valence-corrected chi connectivity index (χ0v) is 13.8. The second kappa shape index (κ2) is 6.57. The molecular formula is C17H16F3NO2S. The third-order valence-electron chi connectivity index (χ3n) is 4.16. The molecule has 0 fully saturated rings. The van der Waals surface area contributed by atoms with Gasteiger partial charge in [-0.15, -0.1) is 11.3 Å².